The zero-order valence-electron chi connectivity index (χ0n) is 11.6. The molecule has 0 saturated carbocycles. The van der Waals surface area contributed by atoms with Gasteiger partial charge in [0.25, 0.3) is 0 Å². The summed E-state index contributed by atoms with van der Waals surface area (Å²) in [6.07, 6.45) is 0.614. The molecule has 0 amide bonds. The molecule has 0 radical (unpaired) electrons. The second-order valence-electron chi connectivity index (χ2n) is 4.39. The Labute approximate surface area is 113 Å². The number of rotatable bonds is 8. The van der Waals surface area contributed by atoms with E-state index in [-0.39, 0.29) is 5.92 Å². The lowest BCUT2D eigenvalue weighted by molar-refractivity contribution is -0.141. The van der Waals surface area contributed by atoms with E-state index in [0.717, 1.165) is 5.56 Å². The highest BCUT2D eigenvalue weighted by atomic mass is 16.5. The van der Waals surface area contributed by atoms with Gasteiger partial charge in [0, 0.05) is 6.54 Å². The molecule has 0 heterocycles. The molecule has 0 saturated heterocycles. The molecule has 0 aromatic heterocycles. The summed E-state index contributed by atoms with van der Waals surface area (Å²) in [5.41, 5.74) is 1.07. The van der Waals surface area contributed by atoms with Gasteiger partial charge in [-0.2, -0.15) is 0 Å². The second-order valence-corrected chi connectivity index (χ2v) is 4.39. The fraction of sp³-hybridized carbons (Fsp3) is 0.500. The Hall–Kier alpha value is -1.75. The van der Waals surface area contributed by atoms with Crippen molar-refractivity contribution >= 4 is 5.97 Å². The van der Waals surface area contributed by atoms with Crippen molar-refractivity contribution in [3.63, 3.8) is 0 Å². The number of hydrogen-bond acceptors (Lipinski definition) is 4. The van der Waals surface area contributed by atoms with Gasteiger partial charge in [-0.3, -0.25) is 4.79 Å². The van der Waals surface area contributed by atoms with Crippen LogP contribution in [0.2, 0.25) is 0 Å². The lowest BCUT2D eigenvalue weighted by Gasteiger charge is -2.11. The summed E-state index contributed by atoms with van der Waals surface area (Å²) in [7, 11) is 3.20. The second kappa shape index (κ2) is 7.63. The monoisotopic (exact) mass is 267 g/mol. The van der Waals surface area contributed by atoms with Crippen molar-refractivity contribution in [2.45, 2.75) is 19.9 Å². The van der Waals surface area contributed by atoms with Gasteiger partial charge in [0.1, 0.15) is 0 Å². The maximum Gasteiger partial charge on any atom is 0.306 e. The molecule has 1 unspecified atom stereocenters. The van der Waals surface area contributed by atoms with Crippen LogP contribution in [0.5, 0.6) is 11.5 Å². The summed E-state index contributed by atoms with van der Waals surface area (Å²) in [6.45, 7) is 3.05. The molecule has 1 rings (SSSR count). The third-order valence-electron chi connectivity index (χ3n) is 2.95. The molecule has 0 aliphatic rings. The van der Waals surface area contributed by atoms with Crippen molar-refractivity contribution in [2.75, 3.05) is 20.8 Å². The first-order chi connectivity index (χ1) is 9.08. The van der Waals surface area contributed by atoms with Gasteiger partial charge >= 0.3 is 5.97 Å². The van der Waals surface area contributed by atoms with E-state index in [4.69, 9.17) is 14.6 Å². The van der Waals surface area contributed by atoms with E-state index in [0.29, 0.717) is 31.0 Å². The average Bonchev–Trinajstić information content (AvgIpc) is 2.42. The van der Waals surface area contributed by atoms with E-state index in [9.17, 15) is 4.79 Å². The van der Waals surface area contributed by atoms with Gasteiger partial charge in [-0.05, 0) is 30.7 Å². The third-order valence-corrected chi connectivity index (χ3v) is 2.95. The number of nitrogens with one attached hydrogen (secondary N) is 1. The molecule has 1 aromatic carbocycles. The van der Waals surface area contributed by atoms with E-state index >= 15 is 0 Å². The predicted octanol–water partition coefficient (Wildman–Crippen LogP) is 1.90. The summed E-state index contributed by atoms with van der Waals surface area (Å²) in [5, 5.41) is 12.0. The van der Waals surface area contributed by atoms with Crippen molar-refractivity contribution in [3.8, 4) is 11.5 Å². The number of ether oxygens (including phenoxy) is 2. The SMILES string of the molecule is COc1ccc(CNCCC(C)C(=O)O)cc1OC. The maximum atomic E-state index is 10.7. The minimum atomic E-state index is -0.757. The highest BCUT2D eigenvalue weighted by Gasteiger charge is 2.09. The Morgan fingerprint density at radius 2 is 2.00 bits per heavy atom. The van der Waals surface area contributed by atoms with Crippen LogP contribution in [0.1, 0.15) is 18.9 Å². The van der Waals surface area contributed by atoms with Crippen molar-refractivity contribution in [1.29, 1.82) is 0 Å². The van der Waals surface area contributed by atoms with Crippen LogP contribution in [0.4, 0.5) is 0 Å². The quantitative estimate of drug-likeness (QED) is 0.704. The summed E-state index contributed by atoms with van der Waals surface area (Å²) in [5.74, 6) is 0.317. The molecule has 19 heavy (non-hydrogen) atoms. The van der Waals surface area contributed by atoms with Crippen LogP contribution in [0.25, 0.3) is 0 Å². The number of methoxy groups -OCH3 is 2. The van der Waals surface area contributed by atoms with Crippen LogP contribution in [0.3, 0.4) is 0 Å². The maximum absolute atomic E-state index is 10.7. The summed E-state index contributed by atoms with van der Waals surface area (Å²) >= 11 is 0. The highest BCUT2D eigenvalue weighted by molar-refractivity contribution is 5.69. The average molecular weight is 267 g/mol. The largest absolute Gasteiger partial charge is 0.493 e. The van der Waals surface area contributed by atoms with E-state index in [1.165, 1.54) is 0 Å². The molecular formula is C14H21NO4. The van der Waals surface area contributed by atoms with Gasteiger partial charge in [0.15, 0.2) is 11.5 Å². The molecule has 1 aromatic rings. The van der Waals surface area contributed by atoms with Crippen LogP contribution < -0.4 is 14.8 Å². The van der Waals surface area contributed by atoms with Crippen LogP contribution in [0.15, 0.2) is 18.2 Å². The lowest BCUT2D eigenvalue weighted by atomic mass is 10.1. The molecule has 0 fully saturated rings. The van der Waals surface area contributed by atoms with Crippen molar-refractivity contribution in [1.82, 2.24) is 5.32 Å². The number of hydrogen-bond donors (Lipinski definition) is 2. The van der Waals surface area contributed by atoms with Crippen LogP contribution >= 0.6 is 0 Å². The van der Waals surface area contributed by atoms with Gasteiger partial charge in [-0.15, -0.1) is 0 Å². The first kappa shape index (κ1) is 15.3. The van der Waals surface area contributed by atoms with Crippen molar-refractivity contribution < 1.29 is 19.4 Å². The molecule has 2 N–H and O–H groups in total. The number of carboxylic acid groups (broad SMARTS) is 1. The Kier molecular flexibility index (Phi) is 6.15. The van der Waals surface area contributed by atoms with E-state index in [1.807, 2.05) is 18.2 Å². The van der Waals surface area contributed by atoms with Gasteiger partial charge < -0.3 is 19.9 Å². The Morgan fingerprint density at radius 1 is 1.32 bits per heavy atom. The zero-order chi connectivity index (χ0) is 14.3. The molecule has 5 heteroatoms. The fourth-order valence-corrected chi connectivity index (χ4v) is 1.67. The first-order valence-corrected chi connectivity index (χ1v) is 6.23. The normalized spacial score (nSPS) is 11.9. The summed E-state index contributed by atoms with van der Waals surface area (Å²) in [4.78, 5) is 10.7. The molecule has 0 bridgehead atoms. The standard InChI is InChI=1S/C14H21NO4/c1-10(14(16)17)6-7-15-9-11-4-5-12(18-2)13(8-11)19-3/h4-5,8,10,15H,6-7,9H2,1-3H3,(H,16,17). The third kappa shape index (κ3) is 4.79. The summed E-state index contributed by atoms with van der Waals surface area (Å²) in [6, 6.07) is 5.72. The van der Waals surface area contributed by atoms with Gasteiger partial charge in [-0.1, -0.05) is 13.0 Å². The number of aliphatic carboxylic acids is 1. The van der Waals surface area contributed by atoms with Gasteiger partial charge in [-0.25, -0.2) is 0 Å². The van der Waals surface area contributed by atoms with Crippen LogP contribution in [-0.4, -0.2) is 31.8 Å². The molecular weight excluding hydrogens is 246 g/mol. The van der Waals surface area contributed by atoms with E-state index in [1.54, 1.807) is 21.1 Å². The predicted molar refractivity (Wildman–Crippen MR) is 72.7 cm³/mol. The van der Waals surface area contributed by atoms with Crippen LogP contribution in [-0.2, 0) is 11.3 Å². The Morgan fingerprint density at radius 3 is 2.58 bits per heavy atom. The molecule has 1 atom stereocenters. The molecule has 0 spiro atoms. The number of carbonyl (C=O) groups is 1. The highest BCUT2D eigenvalue weighted by Crippen LogP contribution is 2.27. The smallest absolute Gasteiger partial charge is 0.306 e. The first-order valence-electron chi connectivity index (χ1n) is 6.23. The fourth-order valence-electron chi connectivity index (χ4n) is 1.67. The minimum Gasteiger partial charge on any atom is -0.493 e. The van der Waals surface area contributed by atoms with Gasteiger partial charge in [0.05, 0.1) is 20.1 Å². The summed E-state index contributed by atoms with van der Waals surface area (Å²) < 4.78 is 10.4. The van der Waals surface area contributed by atoms with Crippen LogP contribution in [0, 0.1) is 5.92 Å². The Bertz CT molecular complexity index is 420. The topological polar surface area (TPSA) is 67.8 Å². The van der Waals surface area contributed by atoms with Crippen molar-refractivity contribution in [2.24, 2.45) is 5.92 Å². The molecule has 106 valence electrons. The minimum absolute atomic E-state index is 0.321. The molecule has 5 nitrogen and oxygen atoms in total. The zero-order valence-corrected chi connectivity index (χ0v) is 11.6. The van der Waals surface area contributed by atoms with E-state index in [2.05, 4.69) is 5.32 Å². The molecule has 0 aliphatic heterocycles. The van der Waals surface area contributed by atoms with Crippen molar-refractivity contribution in [3.05, 3.63) is 23.8 Å². The number of benzene rings is 1. The lowest BCUT2D eigenvalue weighted by Crippen LogP contribution is -2.20. The van der Waals surface area contributed by atoms with E-state index < -0.39 is 5.97 Å². The van der Waals surface area contributed by atoms with Gasteiger partial charge in [0.2, 0.25) is 0 Å². The molecule has 0 aliphatic carbocycles. The number of carboxylic acids is 1. The Balaban J connectivity index is 2.43.